The zero-order valence-corrected chi connectivity index (χ0v) is 10.7. The van der Waals surface area contributed by atoms with Crippen molar-refractivity contribution in [2.24, 2.45) is 0 Å². The third-order valence-corrected chi connectivity index (χ3v) is 3.92. The summed E-state index contributed by atoms with van der Waals surface area (Å²) in [5.74, 6) is 0.0720. The maximum atomic E-state index is 12.4. The number of benzene rings is 1. The van der Waals surface area contributed by atoms with Gasteiger partial charge >= 0.3 is 0 Å². The van der Waals surface area contributed by atoms with Crippen LogP contribution in [0.25, 0.3) is 0 Å². The van der Waals surface area contributed by atoms with Crippen LogP contribution in [0.2, 0.25) is 0 Å². The smallest absolute Gasteiger partial charge is 0.259 e. The number of carbonyl (C=O) groups is 1. The van der Waals surface area contributed by atoms with Crippen molar-refractivity contribution in [2.75, 3.05) is 17.2 Å². The van der Waals surface area contributed by atoms with E-state index in [1.165, 1.54) is 5.56 Å². The number of anilines is 2. The molecule has 2 heterocycles. The van der Waals surface area contributed by atoms with Crippen LogP contribution in [0.3, 0.4) is 0 Å². The summed E-state index contributed by atoms with van der Waals surface area (Å²) in [6.07, 6.45) is 2.02. The fraction of sp³-hybridized carbons (Fsp3) is 0.214. The second-order valence-corrected chi connectivity index (χ2v) is 5.24. The Morgan fingerprint density at radius 2 is 2.22 bits per heavy atom. The van der Waals surface area contributed by atoms with Gasteiger partial charge < -0.3 is 10.6 Å². The first-order valence-corrected chi connectivity index (χ1v) is 6.92. The maximum Gasteiger partial charge on any atom is 0.259 e. The molecule has 1 amide bonds. The van der Waals surface area contributed by atoms with Gasteiger partial charge in [-0.1, -0.05) is 6.07 Å². The molecule has 3 nitrogen and oxygen atoms in total. The van der Waals surface area contributed by atoms with Crippen LogP contribution in [-0.2, 0) is 6.42 Å². The van der Waals surface area contributed by atoms with Crippen molar-refractivity contribution in [2.45, 2.75) is 12.8 Å². The van der Waals surface area contributed by atoms with Crippen molar-refractivity contribution in [3.63, 3.8) is 0 Å². The molecule has 18 heavy (non-hydrogen) atoms. The number of nitrogens with zero attached hydrogens (tertiary/aromatic N) is 1. The van der Waals surface area contributed by atoms with Crippen LogP contribution < -0.4 is 10.6 Å². The minimum absolute atomic E-state index is 0.0720. The van der Waals surface area contributed by atoms with E-state index in [1.807, 2.05) is 39.9 Å². The third kappa shape index (κ3) is 1.88. The zero-order valence-electron chi connectivity index (χ0n) is 9.93. The number of carbonyl (C=O) groups excluding carboxylic acids is 1. The Labute approximate surface area is 110 Å². The number of fused-ring (bicyclic) bond motifs is 1. The molecule has 2 aromatic rings. The van der Waals surface area contributed by atoms with Crippen molar-refractivity contribution in [3.05, 3.63) is 46.2 Å². The van der Waals surface area contributed by atoms with E-state index in [2.05, 4.69) is 0 Å². The molecule has 1 aliphatic heterocycles. The van der Waals surface area contributed by atoms with Crippen molar-refractivity contribution in [1.29, 1.82) is 0 Å². The molecular weight excluding hydrogens is 244 g/mol. The normalized spacial score (nSPS) is 14.3. The fourth-order valence-corrected chi connectivity index (χ4v) is 2.97. The molecule has 4 heteroatoms. The quantitative estimate of drug-likeness (QED) is 0.799. The van der Waals surface area contributed by atoms with E-state index in [0.29, 0.717) is 5.69 Å². The van der Waals surface area contributed by atoms with Crippen LogP contribution in [0, 0.1) is 0 Å². The largest absolute Gasteiger partial charge is 0.399 e. The summed E-state index contributed by atoms with van der Waals surface area (Å²) < 4.78 is 0. The predicted octanol–water partition coefficient (Wildman–Crippen LogP) is 2.92. The van der Waals surface area contributed by atoms with Crippen LogP contribution in [-0.4, -0.2) is 12.5 Å². The Bertz CT molecular complexity index is 577. The lowest BCUT2D eigenvalue weighted by Gasteiger charge is -2.29. The lowest BCUT2D eigenvalue weighted by Crippen LogP contribution is -2.35. The molecule has 1 aromatic heterocycles. The van der Waals surface area contributed by atoms with Gasteiger partial charge in [-0.25, -0.2) is 0 Å². The molecule has 0 saturated carbocycles. The highest BCUT2D eigenvalue weighted by atomic mass is 32.1. The number of thiophene rings is 1. The van der Waals surface area contributed by atoms with Crippen LogP contribution in [0.15, 0.2) is 35.0 Å². The van der Waals surface area contributed by atoms with Gasteiger partial charge in [0, 0.05) is 23.3 Å². The molecule has 1 aliphatic rings. The van der Waals surface area contributed by atoms with E-state index in [-0.39, 0.29) is 5.91 Å². The molecule has 0 fully saturated rings. The first kappa shape index (κ1) is 11.3. The minimum atomic E-state index is 0.0720. The van der Waals surface area contributed by atoms with Crippen molar-refractivity contribution < 1.29 is 4.79 Å². The predicted molar refractivity (Wildman–Crippen MR) is 75.2 cm³/mol. The summed E-state index contributed by atoms with van der Waals surface area (Å²) in [5.41, 5.74) is 9.47. The fourth-order valence-electron chi connectivity index (χ4n) is 2.34. The standard InChI is InChI=1S/C14H14N2OS/c15-12-4-3-10-2-1-6-16(13(10)8-12)14(17)11-5-7-18-9-11/h3-5,7-9H,1-2,6,15H2. The van der Waals surface area contributed by atoms with Gasteiger partial charge in [-0.15, -0.1) is 0 Å². The van der Waals surface area contributed by atoms with Gasteiger partial charge in [0.25, 0.3) is 5.91 Å². The first-order chi connectivity index (χ1) is 8.75. The monoisotopic (exact) mass is 258 g/mol. The van der Waals surface area contributed by atoms with E-state index < -0.39 is 0 Å². The number of aryl methyl sites for hydroxylation is 1. The van der Waals surface area contributed by atoms with Crippen LogP contribution in [0.5, 0.6) is 0 Å². The summed E-state index contributed by atoms with van der Waals surface area (Å²) in [4.78, 5) is 14.3. The molecule has 3 rings (SSSR count). The summed E-state index contributed by atoms with van der Waals surface area (Å²) in [6, 6.07) is 7.70. The number of rotatable bonds is 1. The molecule has 2 N–H and O–H groups in total. The molecule has 0 atom stereocenters. The van der Waals surface area contributed by atoms with Crippen molar-refractivity contribution in [3.8, 4) is 0 Å². The van der Waals surface area contributed by atoms with Crippen molar-refractivity contribution in [1.82, 2.24) is 0 Å². The topological polar surface area (TPSA) is 46.3 Å². The van der Waals surface area contributed by atoms with Gasteiger partial charge in [-0.2, -0.15) is 11.3 Å². The van der Waals surface area contributed by atoms with Gasteiger partial charge in [-0.05, 0) is 42.0 Å². The summed E-state index contributed by atoms with van der Waals surface area (Å²) in [7, 11) is 0. The number of hydrogen-bond donors (Lipinski definition) is 1. The van der Waals surface area contributed by atoms with E-state index in [9.17, 15) is 4.79 Å². The number of amides is 1. The van der Waals surface area contributed by atoms with Gasteiger partial charge in [0.05, 0.1) is 5.56 Å². The Hall–Kier alpha value is -1.81. The molecule has 0 bridgehead atoms. The molecule has 1 aromatic carbocycles. The highest BCUT2D eigenvalue weighted by Crippen LogP contribution is 2.30. The Morgan fingerprint density at radius 1 is 1.33 bits per heavy atom. The van der Waals surface area contributed by atoms with E-state index in [4.69, 9.17) is 5.73 Å². The Balaban J connectivity index is 2.01. The Kier molecular flexibility index (Phi) is 2.80. The first-order valence-electron chi connectivity index (χ1n) is 5.98. The molecule has 0 spiro atoms. The number of nitrogen functional groups attached to an aromatic ring is 1. The Morgan fingerprint density at radius 3 is 3.00 bits per heavy atom. The summed E-state index contributed by atoms with van der Waals surface area (Å²) >= 11 is 1.54. The van der Waals surface area contributed by atoms with Crippen molar-refractivity contribution >= 4 is 28.6 Å². The van der Waals surface area contributed by atoms with Gasteiger partial charge in [0.15, 0.2) is 0 Å². The van der Waals surface area contributed by atoms with Crippen LogP contribution in [0.4, 0.5) is 11.4 Å². The second kappa shape index (κ2) is 4.46. The molecule has 0 aliphatic carbocycles. The van der Waals surface area contributed by atoms with E-state index in [0.717, 1.165) is 30.6 Å². The third-order valence-electron chi connectivity index (χ3n) is 3.24. The van der Waals surface area contributed by atoms with Crippen LogP contribution >= 0.6 is 11.3 Å². The lowest BCUT2D eigenvalue weighted by atomic mass is 10.0. The molecule has 0 saturated heterocycles. The average Bonchev–Trinajstić information content (AvgIpc) is 2.91. The SMILES string of the molecule is Nc1ccc2c(c1)N(C(=O)c1ccsc1)CCC2. The maximum absolute atomic E-state index is 12.4. The van der Waals surface area contributed by atoms with E-state index in [1.54, 1.807) is 11.3 Å². The van der Waals surface area contributed by atoms with Crippen LogP contribution in [0.1, 0.15) is 22.3 Å². The van der Waals surface area contributed by atoms with Gasteiger partial charge in [0.2, 0.25) is 0 Å². The minimum Gasteiger partial charge on any atom is -0.399 e. The number of hydrogen-bond acceptors (Lipinski definition) is 3. The molecule has 92 valence electrons. The van der Waals surface area contributed by atoms with E-state index >= 15 is 0 Å². The summed E-state index contributed by atoms with van der Waals surface area (Å²) in [5, 5.41) is 3.82. The number of nitrogens with two attached hydrogens (primary N) is 1. The second-order valence-electron chi connectivity index (χ2n) is 4.46. The highest BCUT2D eigenvalue weighted by Gasteiger charge is 2.23. The molecule has 0 unspecified atom stereocenters. The van der Waals surface area contributed by atoms with Gasteiger partial charge in [0.1, 0.15) is 0 Å². The average molecular weight is 258 g/mol. The lowest BCUT2D eigenvalue weighted by molar-refractivity contribution is 0.0985. The summed E-state index contributed by atoms with van der Waals surface area (Å²) in [6.45, 7) is 0.769. The highest BCUT2D eigenvalue weighted by molar-refractivity contribution is 7.08. The van der Waals surface area contributed by atoms with Gasteiger partial charge in [-0.3, -0.25) is 4.79 Å². The molecular formula is C14H14N2OS. The zero-order chi connectivity index (χ0) is 12.5. The molecule has 0 radical (unpaired) electrons.